The Bertz CT molecular complexity index is 719. The van der Waals surface area contributed by atoms with Crippen LogP contribution in [0.3, 0.4) is 0 Å². The van der Waals surface area contributed by atoms with E-state index in [1.165, 1.54) is 5.56 Å². The summed E-state index contributed by atoms with van der Waals surface area (Å²) in [6.45, 7) is 4.04. The van der Waals surface area contributed by atoms with Gasteiger partial charge in [0, 0.05) is 5.56 Å². The lowest BCUT2D eigenvalue weighted by atomic mass is 10.0. The summed E-state index contributed by atoms with van der Waals surface area (Å²) in [4.78, 5) is 11.9. The van der Waals surface area contributed by atoms with Crippen LogP contribution in [0.4, 0.5) is 0 Å². The number of rotatable bonds is 2. The molecule has 0 amide bonds. The first kappa shape index (κ1) is 12.5. The van der Waals surface area contributed by atoms with Crippen molar-refractivity contribution >= 4 is 17.8 Å². The molecule has 100 valence electrons. The normalized spacial score (nSPS) is 16.4. The number of esters is 1. The van der Waals surface area contributed by atoms with Crippen molar-refractivity contribution in [1.29, 1.82) is 0 Å². The number of aryl methyl sites for hydroxylation is 2. The molecule has 3 nitrogen and oxygen atoms in total. The maximum atomic E-state index is 11.9. The molecular formula is C17H14O3. The first-order chi connectivity index (χ1) is 9.63. The van der Waals surface area contributed by atoms with Gasteiger partial charge in [0.1, 0.15) is 11.5 Å². The van der Waals surface area contributed by atoms with E-state index in [1.807, 2.05) is 26.0 Å². The molecule has 0 saturated carbocycles. The van der Waals surface area contributed by atoms with Gasteiger partial charge in [-0.1, -0.05) is 23.8 Å². The fraction of sp³-hybridized carbons (Fsp3) is 0.118. The number of carbonyl (C=O) groups excluding carboxylic acids is 1. The number of furan rings is 1. The quantitative estimate of drug-likeness (QED) is 0.611. The summed E-state index contributed by atoms with van der Waals surface area (Å²) in [5.41, 5.74) is 3.70. The van der Waals surface area contributed by atoms with Crippen molar-refractivity contribution < 1.29 is 13.9 Å². The van der Waals surface area contributed by atoms with Crippen LogP contribution in [-0.2, 0) is 9.53 Å². The standard InChI is InChI=1S/C17H14O3/c1-11-5-6-15(12(2)8-11)16-10-13(17(18)20-16)9-14-4-3-7-19-14/h3-10H,1-2H3/b13-9+. The number of hydrogen-bond donors (Lipinski definition) is 0. The van der Waals surface area contributed by atoms with Gasteiger partial charge in [0.2, 0.25) is 0 Å². The van der Waals surface area contributed by atoms with Crippen molar-refractivity contribution in [2.75, 3.05) is 0 Å². The lowest BCUT2D eigenvalue weighted by Gasteiger charge is -2.06. The minimum Gasteiger partial charge on any atom is -0.465 e. The van der Waals surface area contributed by atoms with Gasteiger partial charge < -0.3 is 9.15 Å². The fourth-order valence-corrected chi connectivity index (χ4v) is 2.24. The average molecular weight is 266 g/mol. The summed E-state index contributed by atoms with van der Waals surface area (Å²) in [7, 11) is 0. The molecule has 3 heteroatoms. The second-order valence-corrected chi connectivity index (χ2v) is 4.83. The van der Waals surface area contributed by atoms with Crippen LogP contribution >= 0.6 is 0 Å². The van der Waals surface area contributed by atoms with Crippen molar-refractivity contribution in [3.05, 3.63) is 70.7 Å². The van der Waals surface area contributed by atoms with Gasteiger partial charge in [-0.3, -0.25) is 0 Å². The molecule has 0 aliphatic carbocycles. The predicted octanol–water partition coefficient (Wildman–Crippen LogP) is 3.88. The average Bonchev–Trinajstić information content (AvgIpc) is 3.01. The van der Waals surface area contributed by atoms with Crippen LogP contribution in [0.1, 0.15) is 22.5 Å². The first-order valence-electron chi connectivity index (χ1n) is 6.40. The van der Waals surface area contributed by atoms with E-state index in [4.69, 9.17) is 9.15 Å². The van der Waals surface area contributed by atoms with Gasteiger partial charge in [-0.2, -0.15) is 0 Å². The van der Waals surface area contributed by atoms with Crippen LogP contribution in [0.15, 0.2) is 52.7 Å². The van der Waals surface area contributed by atoms with Crippen molar-refractivity contribution in [3.8, 4) is 0 Å². The lowest BCUT2D eigenvalue weighted by Crippen LogP contribution is -1.98. The highest BCUT2D eigenvalue weighted by atomic mass is 16.5. The third-order valence-electron chi connectivity index (χ3n) is 3.21. The highest BCUT2D eigenvalue weighted by Gasteiger charge is 2.23. The van der Waals surface area contributed by atoms with Crippen LogP contribution in [0, 0.1) is 13.8 Å². The van der Waals surface area contributed by atoms with Crippen molar-refractivity contribution in [2.45, 2.75) is 13.8 Å². The van der Waals surface area contributed by atoms with E-state index in [0.717, 1.165) is 11.1 Å². The van der Waals surface area contributed by atoms with Crippen molar-refractivity contribution in [3.63, 3.8) is 0 Å². The van der Waals surface area contributed by atoms with Crippen LogP contribution in [0.5, 0.6) is 0 Å². The van der Waals surface area contributed by atoms with E-state index in [0.29, 0.717) is 17.1 Å². The van der Waals surface area contributed by atoms with Crippen LogP contribution < -0.4 is 0 Å². The molecule has 0 atom stereocenters. The third kappa shape index (κ3) is 2.30. The van der Waals surface area contributed by atoms with Gasteiger partial charge in [-0.05, 0) is 43.7 Å². The highest BCUT2D eigenvalue weighted by molar-refractivity contribution is 6.05. The Morgan fingerprint density at radius 2 is 2.00 bits per heavy atom. The predicted molar refractivity (Wildman–Crippen MR) is 76.7 cm³/mol. The summed E-state index contributed by atoms with van der Waals surface area (Å²) in [5.74, 6) is 0.872. The van der Waals surface area contributed by atoms with Gasteiger partial charge in [0.25, 0.3) is 0 Å². The van der Waals surface area contributed by atoms with Gasteiger partial charge >= 0.3 is 5.97 Å². The monoisotopic (exact) mass is 266 g/mol. The molecule has 20 heavy (non-hydrogen) atoms. The molecule has 0 bridgehead atoms. The largest absolute Gasteiger partial charge is 0.465 e. The zero-order chi connectivity index (χ0) is 14.1. The Labute approximate surface area is 117 Å². The molecule has 0 radical (unpaired) electrons. The lowest BCUT2D eigenvalue weighted by molar-refractivity contribution is -0.130. The minimum atomic E-state index is -0.351. The second-order valence-electron chi connectivity index (χ2n) is 4.83. The molecule has 1 aliphatic rings. The molecule has 3 rings (SSSR count). The van der Waals surface area contributed by atoms with E-state index in [1.54, 1.807) is 30.5 Å². The van der Waals surface area contributed by atoms with Gasteiger partial charge in [0.05, 0.1) is 11.8 Å². The Morgan fingerprint density at radius 3 is 2.70 bits per heavy atom. The third-order valence-corrected chi connectivity index (χ3v) is 3.21. The smallest absolute Gasteiger partial charge is 0.343 e. The molecule has 0 spiro atoms. The molecule has 2 aromatic rings. The van der Waals surface area contributed by atoms with Gasteiger partial charge in [-0.15, -0.1) is 0 Å². The summed E-state index contributed by atoms with van der Waals surface area (Å²) in [6.07, 6.45) is 5.00. The zero-order valence-electron chi connectivity index (χ0n) is 11.3. The van der Waals surface area contributed by atoms with E-state index in [-0.39, 0.29) is 5.97 Å². The second kappa shape index (κ2) is 4.85. The SMILES string of the molecule is Cc1ccc(C2=C/C(=C\c3ccco3)C(=O)O2)c(C)c1. The molecule has 0 fully saturated rings. The topological polar surface area (TPSA) is 39.4 Å². The van der Waals surface area contributed by atoms with E-state index in [9.17, 15) is 4.79 Å². The Kier molecular flexibility index (Phi) is 3.03. The van der Waals surface area contributed by atoms with Crippen LogP contribution in [0.25, 0.3) is 11.8 Å². The van der Waals surface area contributed by atoms with Crippen LogP contribution in [0.2, 0.25) is 0 Å². The Morgan fingerprint density at radius 1 is 1.15 bits per heavy atom. The summed E-state index contributed by atoms with van der Waals surface area (Å²) >= 11 is 0. The van der Waals surface area contributed by atoms with Crippen LogP contribution in [-0.4, -0.2) is 5.97 Å². The Balaban J connectivity index is 1.98. The molecule has 0 saturated heterocycles. The number of cyclic esters (lactones) is 1. The number of benzene rings is 1. The zero-order valence-corrected chi connectivity index (χ0v) is 11.3. The molecule has 0 N–H and O–H groups in total. The van der Waals surface area contributed by atoms with E-state index < -0.39 is 0 Å². The molecule has 1 aromatic carbocycles. The van der Waals surface area contributed by atoms with Gasteiger partial charge in [0.15, 0.2) is 0 Å². The summed E-state index contributed by atoms with van der Waals surface area (Å²) in [5, 5.41) is 0. The van der Waals surface area contributed by atoms with Crippen molar-refractivity contribution in [1.82, 2.24) is 0 Å². The minimum absolute atomic E-state index is 0.351. The van der Waals surface area contributed by atoms with Crippen molar-refractivity contribution in [2.24, 2.45) is 0 Å². The summed E-state index contributed by atoms with van der Waals surface area (Å²) in [6, 6.07) is 9.62. The van der Waals surface area contributed by atoms with Gasteiger partial charge in [-0.25, -0.2) is 4.79 Å². The molecule has 2 heterocycles. The number of carbonyl (C=O) groups is 1. The molecule has 1 aliphatic heterocycles. The molecular weight excluding hydrogens is 252 g/mol. The number of hydrogen-bond acceptors (Lipinski definition) is 3. The maximum Gasteiger partial charge on any atom is 0.343 e. The first-order valence-corrected chi connectivity index (χ1v) is 6.40. The Hall–Kier alpha value is -2.55. The van der Waals surface area contributed by atoms with E-state index >= 15 is 0 Å². The number of ether oxygens (including phenoxy) is 1. The maximum absolute atomic E-state index is 11.9. The molecule has 0 unspecified atom stereocenters. The highest BCUT2D eigenvalue weighted by Crippen LogP contribution is 2.29. The van der Waals surface area contributed by atoms with E-state index in [2.05, 4.69) is 6.07 Å². The molecule has 1 aromatic heterocycles. The summed E-state index contributed by atoms with van der Waals surface area (Å²) < 4.78 is 10.6. The fourth-order valence-electron chi connectivity index (χ4n) is 2.24.